The van der Waals surface area contributed by atoms with Crippen LogP contribution in [0.5, 0.6) is 0 Å². The fraction of sp³-hybridized carbons (Fsp3) is 0.333. The number of hydrogen-bond donors (Lipinski definition) is 2. The Morgan fingerprint density at radius 1 is 1.27 bits per heavy atom. The molecule has 0 amide bonds. The van der Waals surface area contributed by atoms with Crippen LogP contribution in [-0.4, -0.2) is 26.9 Å². The number of amidine groups is 1. The van der Waals surface area contributed by atoms with Gasteiger partial charge in [0.1, 0.15) is 11.6 Å². The average Bonchev–Trinajstić information content (AvgIpc) is 3.45. The second-order valence-electron chi connectivity index (χ2n) is 7.33. The van der Waals surface area contributed by atoms with Gasteiger partial charge in [0.2, 0.25) is 0 Å². The van der Waals surface area contributed by atoms with Crippen LogP contribution < -0.4 is 11.1 Å². The molecule has 2 unspecified atom stereocenters. The fourth-order valence-corrected chi connectivity index (χ4v) is 4.99. The molecule has 0 aliphatic heterocycles. The summed E-state index contributed by atoms with van der Waals surface area (Å²) in [4.78, 5) is 12.7. The number of halogens is 2. The van der Waals surface area contributed by atoms with Crippen LogP contribution in [0, 0.1) is 28.9 Å². The first-order chi connectivity index (χ1) is 15.9. The molecular weight excluding hydrogens is 442 g/mol. The minimum absolute atomic E-state index is 0.0428. The number of rotatable bonds is 5. The standard InChI is InChI=1S/C22H20F2N6S.C2H6/c1-3-27-22(26)31-20-11(2)17(20)15-7-14(8-16(23)18(15)24)30-21-19-13(4-5-28-21)6-12(9-25)10-29-19;1-2/h4-8,10-11,17,20H,3H2,1-2H3,(H2,26,27)(H,28,30);1-2H3/t11-,17?,20?;/m0./s1. The van der Waals surface area contributed by atoms with Gasteiger partial charge in [-0.25, -0.2) is 13.8 Å². The number of anilines is 2. The van der Waals surface area contributed by atoms with E-state index in [9.17, 15) is 8.78 Å². The number of nitriles is 1. The molecule has 9 heteroatoms. The Bertz CT molecular complexity index is 1220. The summed E-state index contributed by atoms with van der Waals surface area (Å²) in [5.41, 5.74) is 7.53. The summed E-state index contributed by atoms with van der Waals surface area (Å²) in [6.45, 7) is 8.46. The Kier molecular flexibility index (Phi) is 7.82. The third kappa shape index (κ3) is 5.22. The Labute approximate surface area is 196 Å². The molecule has 2 heterocycles. The summed E-state index contributed by atoms with van der Waals surface area (Å²) >= 11 is 1.40. The predicted octanol–water partition coefficient (Wildman–Crippen LogP) is 5.72. The SMILES string of the molecule is CC.CCN=C(N)SC1C(c2cc(Nc3nccc4cc(C#N)cnc34)cc(F)c2F)[C@@H]1C. The van der Waals surface area contributed by atoms with Gasteiger partial charge >= 0.3 is 0 Å². The maximum Gasteiger partial charge on any atom is 0.162 e. The molecule has 1 aliphatic carbocycles. The number of nitrogens with one attached hydrogen (secondary N) is 1. The molecule has 172 valence electrons. The molecular formula is C24H26F2N6S. The first-order valence-electron chi connectivity index (χ1n) is 10.8. The minimum Gasteiger partial charge on any atom is -0.379 e. The molecule has 0 bridgehead atoms. The van der Waals surface area contributed by atoms with Crippen LogP contribution in [0.15, 0.2) is 41.7 Å². The molecule has 1 aromatic carbocycles. The first-order valence-corrected chi connectivity index (χ1v) is 11.7. The molecule has 1 saturated carbocycles. The molecule has 0 spiro atoms. The Hall–Kier alpha value is -3.25. The Balaban J connectivity index is 0.00000149. The molecule has 6 nitrogen and oxygen atoms in total. The number of nitrogens with zero attached hydrogens (tertiary/aromatic N) is 4. The van der Waals surface area contributed by atoms with Gasteiger partial charge in [-0.15, -0.1) is 0 Å². The number of hydrogen-bond acceptors (Lipinski definition) is 6. The zero-order valence-corrected chi connectivity index (χ0v) is 19.8. The van der Waals surface area contributed by atoms with Crippen molar-refractivity contribution in [2.45, 2.75) is 38.9 Å². The second kappa shape index (κ2) is 10.6. The number of aliphatic imine (C=N–C) groups is 1. The molecule has 1 fully saturated rings. The molecule has 33 heavy (non-hydrogen) atoms. The molecule has 3 atom stereocenters. The summed E-state index contributed by atoms with van der Waals surface area (Å²) in [7, 11) is 0. The normalized spacial score (nSPS) is 19.4. The zero-order valence-electron chi connectivity index (χ0n) is 18.9. The highest BCUT2D eigenvalue weighted by atomic mass is 32.2. The maximum absolute atomic E-state index is 14.6. The van der Waals surface area contributed by atoms with Crippen LogP contribution in [0.4, 0.5) is 20.3 Å². The van der Waals surface area contributed by atoms with Crippen molar-refractivity contribution in [2.75, 3.05) is 11.9 Å². The number of fused-ring (bicyclic) bond motifs is 1. The van der Waals surface area contributed by atoms with Crippen molar-refractivity contribution < 1.29 is 8.78 Å². The molecule has 4 rings (SSSR count). The van der Waals surface area contributed by atoms with E-state index in [1.54, 1.807) is 24.4 Å². The van der Waals surface area contributed by atoms with Gasteiger partial charge in [-0.05, 0) is 36.6 Å². The molecule has 3 aromatic rings. The number of aromatic nitrogens is 2. The van der Waals surface area contributed by atoms with Crippen LogP contribution in [-0.2, 0) is 0 Å². The lowest BCUT2D eigenvalue weighted by molar-refractivity contribution is 0.498. The van der Waals surface area contributed by atoms with Crippen molar-refractivity contribution in [3.8, 4) is 6.07 Å². The number of thioether (sulfide) groups is 1. The van der Waals surface area contributed by atoms with Crippen molar-refractivity contribution in [1.29, 1.82) is 5.26 Å². The van der Waals surface area contributed by atoms with Crippen molar-refractivity contribution in [3.05, 3.63) is 59.4 Å². The van der Waals surface area contributed by atoms with Gasteiger partial charge in [-0.1, -0.05) is 32.5 Å². The van der Waals surface area contributed by atoms with Crippen LogP contribution in [0.2, 0.25) is 0 Å². The van der Waals surface area contributed by atoms with Crippen molar-refractivity contribution in [1.82, 2.24) is 9.97 Å². The van der Waals surface area contributed by atoms with Gasteiger partial charge in [0.15, 0.2) is 22.6 Å². The van der Waals surface area contributed by atoms with E-state index in [-0.39, 0.29) is 17.1 Å². The van der Waals surface area contributed by atoms with Crippen molar-refractivity contribution in [2.24, 2.45) is 16.6 Å². The predicted molar refractivity (Wildman–Crippen MR) is 131 cm³/mol. The topological polar surface area (TPSA) is 100.0 Å². The second-order valence-corrected chi connectivity index (χ2v) is 8.53. The minimum atomic E-state index is -0.932. The molecule has 3 N–H and O–H groups in total. The van der Waals surface area contributed by atoms with Crippen molar-refractivity contribution >= 4 is 39.3 Å². The van der Waals surface area contributed by atoms with E-state index in [1.165, 1.54) is 18.0 Å². The number of nitrogens with two attached hydrogens (primary N) is 1. The largest absolute Gasteiger partial charge is 0.379 e. The van der Waals surface area contributed by atoms with Gasteiger partial charge in [0, 0.05) is 47.2 Å². The molecule has 1 aliphatic rings. The van der Waals surface area contributed by atoms with E-state index < -0.39 is 11.6 Å². The van der Waals surface area contributed by atoms with Gasteiger partial charge in [-0.2, -0.15) is 5.26 Å². The summed E-state index contributed by atoms with van der Waals surface area (Å²) in [5, 5.41) is 13.3. The maximum atomic E-state index is 14.6. The highest BCUT2D eigenvalue weighted by Gasteiger charge is 2.50. The van der Waals surface area contributed by atoms with Crippen LogP contribution >= 0.6 is 11.8 Å². The molecule has 2 aromatic heterocycles. The third-order valence-electron chi connectivity index (χ3n) is 5.28. The first kappa shape index (κ1) is 24.4. The summed E-state index contributed by atoms with van der Waals surface area (Å²) in [6.07, 6.45) is 3.02. The lowest BCUT2D eigenvalue weighted by atomic mass is 10.1. The van der Waals surface area contributed by atoms with E-state index >= 15 is 0 Å². The summed E-state index contributed by atoms with van der Waals surface area (Å²) in [6, 6.07) is 8.19. The van der Waals surface area contributed by atoms with Gasteiger partial charge in [-0.3, -0.25) is 9.98 Å². The van der Waals surface area contributed by atoms with E-state index in [2.05, 4.69) is 20.3 Å². The smallest absolute Gasteiger partial charge is 0.162 e. The zero-order chi connectivity index (χ0) is 24.1. The van der Waals surface area contributed by atoms with E-state index in [0.29, 0.717) is 39.9 Å². The number of benzene rings is 1. The molecule has 0 radical (unpaired) electrons. The van der Waals surface area contributed by atoms with E-state index in [0.717, 1.165) is 11.5 Å². The highest BCUT2D eigenvalue weighted by Crippen LogP contribution is 2.56. The lowest BCUT2D eigenvalue weighted by Gasteiger charge is -2.11. The van der Waals surface area contributed by atoms with Crippen LogP contribution in [0.3, 0.4) is 0 Å². The van der Waals surface area contributed by atoms with Crippen LogP contribution in [0.25, 0.3) is 10.9 Å². The fourth-order valence-electron chi connectivity index (χ4n) is 3.67. The summed E-state index contributed by atoms with van der Waals surface area (Å²) in [5.74, 6) is -1.41. The third-order valence-corrected chi connectivity index (χ3v) is 6.64. The van der Waals surface area contributed by atoms with Gasteiger partial charge in [0.05, 0.1) is 5.56 Å². The van der Waals surface area contributed by atoms with E-state index in [1.807, 2.05) is 33.8 Å². The van der Waals surface area contributed by atoms with Crippen LogP contribution in [0.1, 0.15) is 44.7 Å². The monoisotopic (exact) mass is 468 g/mol. The average molecular weight is 469 g/mol. The van der Waals surface area contributed by atoms with E-state index in [4.69, 9.17) is 11.0 Å². The van der Waals surface area contributed by atoms with Crippen molar-refractivity contribution in [3.63, 3.8) is 0 Å². The quantitative estimate of drug-likeness (QED) is 0.367. The lowest BCUT2D eigenvalue weighted by Crippen LogP contribution is -2.09. The Morgan fingerprint density at radius 3 is 2.73 bits per heavy atom. The number of pyridine rings is 2. The molecule has 0 saturated heterocycles. The van der Waals surface area contributed by atoms with Gasteiger partial charge < -0.3 is 11.1 Å². The Morgan fingerprint density at radius 2 is 2.03 bits per heavy atom. The van der Waals surface area contributed by atoms with Gasteiger partial charge in [0.25, 0.3) is 0 Å². The summed E-state index contributed by atoms with van der Waals surface area (Å²) < 4.78 is 29.1. The highest BCUT2D eigenvalue weighted by molar-refractivity contribution is 8.14.